The second-order valence-corrected chi connectivity index (χ2v) is 16.6. The fourth-order valence-corrected chi connectivity index (χ4v) is 6.52. The van der Waals surface area contributed by atoms with E-state index in [0.717, 1.165) is 30.3 Å². The van der Waals surface area contributed by atoms with Crippen molar-refractivity contribution >= 4 is 58.0 Å². The zero-order valence-corrected chi connectivity index (χ0v) is 36.9. The van der Waals surface area contributed by atoms with Gasteiger partial charge in [-0.1, -0.05) is 12.1 Å². The molecule has 0 aromatic carbocycles. The average molecular weight is 977 g/mol. The van der Waals surface area contributed by atoms with Crippen molar-refractivity contribution in [3.05, 3.63) is 164 Å². The van der Waals surface area contributed by atoms with E-state index in [2.05, 4.69) is 0 Å². The molecule has 0 radical (unpaired) electrons. The van der Waals surface area contributed by atoms with Crippen LogP contribution in [0.2, 0.25) is 0 Å². The second-order valence-electron chi connectivity index (χ2n) is 13.9. The van der Waals surface area contributed by atoms with Gasteiger partial charge in [-0.05, 0) is 48.5 Å². The molecule has 14 bridgehead atoms. The van der Waals surface area contributed by atoms with E-state index in [4.69, 9.17) is 35.9 Å². The Morgan fingerprint density at radius 1 is 0.431 bits per heavy atom. The van der Waals surface area contributed by atoms with Crippen LogP contribution < -0.4 is 18.9 Å². The molecule has 18 nitrogen and oxygen atoms in total. The number of hydrogen-bond acceptors (Lipinski definition) is 14. The molecule has 9 rings (SSSR count). The first-order chi connectivity index (χ1) is 29.9. The third-order valence-corrected chi connectivity index (χ3v) is 10.5. The van der Waals surface area contributed by atoms with Crippen molar-refractivity contribution < 1.29 is 71.2 Å². The Balaban J connectivity index is 0.000000400. The van der Waals surface area contributed by atoms with Gasteiger partial charge in [-0.2, -0.15) is 45.3 Å². The fourth-order valence-electron chi connectivity index (χ4n) is 6.52. The van der Waals surface area contributed by atoms with Crippen molar-refractivity contribution in [1.29, 1.82) is 0 Å². The molecular weight excluding hydrogens is 947 g/mol. The maximum absolute atomic E-state index is 14.0. The molecule has 338 valence electrons. The smallest absolute Gasteiger partial charge is 0.741 e. The van der Waals surface area contributed by atoms with Crippen LogP contribution in [0.5, 0.6) is 0 Å². The van der Waals surface area contributed by atoms with Crippen LogP contribution in [0.1, 0.15) is 34.2 Å². The molecule has 0 atom stereocenters. The molecule has 0 unspecified atom stereocenters. The van der Waals surface area contributed by atoms with Crippen LogP contribution >= 0.6 is 0 Å². The summed E-state index contributed by atoms with van der Waals surface area (Å²) in [5.41, 5.74) is -6.08. The van der Waals surface area contributed by atoms with Crippen molar-refractivity contribution in [2.24, 2.45) is 0 Å². The summed E-state index contributed by atoms with van der Waals surface area (Å²) in [6.45, 7) is 1.16. The maximum Gasteiger partial charge on any atom is 2.00 e. The molecular formula is C38H30CaF6N8O10S2. The summed E-state index contributed by atoms with van der Waals surface area (Å²) >= 11 is 0. The summed E-state index contributed by atoms with van der Waals surface area (Å²) in [7, 11) is -12.2. The van der Waals surface area contributed by atoms with Crippen LogP contribution in [0, 0.1) is 20.8 Å². The van der Waals surface area contributed by atoms with Gasteiger partial charge in [0.15, 0.2) is 20.2 Å². The molecule has 6 aromatic heterocycles. The van der Waals surface area contributed by atoms with Crippen molar-refractivity contribution in [1.82, 2.24) is 19.8 Å². The van der Waals surface area contributed by atoms with E-state index in [0.29, 0.717) is 47.3 Å². The molecule has 0 saturated carbocycles. The first-order valence-corrected chi connectivity index (χ1v) is 21.0. The number of halogens is 6. The van der Waals surface area contributed by atoms with Gasteiger partial charge in [0.1, 0.15) is 0 Å². The minimum Gasteiger partial charge on any atom is -0.741 e. The van der Waals surface area contributed by atoms with Gasteiger partial charge in [-0.15, -0.1) is 0 Å². The van der Waals surface area contributed by atoms with E-state index in [1.54, 1.807) is 72.8 Å². The summed E-state index contributed by atoms with van der Waals surface area (Å²) in [5, 5.41) is 55.8. The van der Waals surface area contributed by atoms with E-state index in [1.165, 1.54) is 0 Å². The monoisotopic (exact) mass is 976 g/mol. The predicted molar refractivity (Wildman–Crippen MR) is 210 cm³/mol. The fraction of sp³-hybridized carbons (Fsp3) is 0.211. The average Bonchev–Trinajstić information content (AvgIpc) is 3.20. The Morgan fingerprint density at radius 3 is 0.892 bits per heavy atom. The molecule has 0 N–H and O–H groups in total. The second kappa shape index (κ2) is 20.0. The van der Waals surface area contributed by atoms with Crippen LogP contribution in [0.4, 0.5) is 26.3 Å². The van der Waals surface area contributed by atoms with Gasteiger partial charge in [0.25, 0.3) is 22.8 Å². The van der Waals surface area contributed by atoms with E-state index < -0.39 is 31.3 Å². The quantitative estimate of drug-likeness (QED) is 0.0530. The standard InChI is InChI=1S/C36H30N8O4.2CHF3O3S.Ca/c45-41-27-9-3-15-33(41)35-17-5-11-29(43(35)47)23-40-20-26-8-2-14-32(38-26)31-13-1-7-25(37-31)19-39(21-27)22-28-10-4-16-34(42(28)46)36-18-6-12-30(24-40)44(36)48;2*2-1(3,4)8(5,6)7;/h1-18H,19-24H2;2*(H,5,6,7);/q;;;+2/p-2. The SMILES string of the molecule is O=S(=O)([O-])C(F)(F)F.O=S(=O)([O-])C(F)(F)F.[Ca+2].[O-][n+]1c2cccc1-c1cccc([n+]1[O-])CN1Cc3cccc(n3)-c3cccc(n3)CN(C2)Cc2cccc([n+]2[O-])-c2cccc([n+]2[O-])C1. The van der Waals surface area contributed by atoms with Gasteiger partial charge in [-0.3, -0.25) is 9.80 Å². The van der Waals surface area contributed by atoms with Gasteiger partial charge in [0.05, 0.1) is 49.0 Å². The zero-order valence-electron chi connectivity index (χ0n) is 33.1. The van der Waals surface area contributed by atoms with Crippen LogP contribution in [-0.4, -0.2) is 94.5 Å². The maximum atomic E-state index is 14.0. The molecule has 0 amide bonds. The molecule has 3 aliphatic rings. The molecule has 27 heteroatoms. The van der Waals surface area contributed by atoms with E-state index >= 15 is 0 Å². The molecule has 65 heavy (non-hydrogen) atoms. The molecule has 3 aliphatic heterocycles. The first kappa shape index (κ1) is 50.7. The van der Waals surface area contributed by atoms with Crippen molar-refractivity contribution in [2.45, 2.75) is 50.3 Å². The van der Waals surface area contributed by atoms with Gasteiger partial charge in [0.2, 0.25) is 22.8 Å². The third-order valence-electron chi connectivity index (χ3n) is 9.37. The Hall–Kier alpha value is -5.32. The van der Waals surface area contributed by atoms with Gasteiger partial charge >= 0.3 is 48.8 Å². The predicted octanol–water partition coefficient (Wildman–Crippen LogP) is 2.76. The van der Waals surface area contributed by atoms with Crippen molar-refractivity contribution in [3.8, 4) is 34.2 Å². The van der Waals surface area contributed by atoms with Crippen molar-refractivity contribution in [3.63, 3.8) is 0 Å². The number of hydrogen-bond donors (Lipinski definition) is 0. The number of aromatic nitrogens is 6. The Labute approximate surface area is 395 Å². The Morgan fingerprint density at radius 2 is 0.662 bits per heavy atom. The molecule has 9 heterocycles. The summed E-state index contributed by atoms with van der Waals surface area (Å²) in [6.07, 6.45) is 0. The van der Waals surface area contributed by atoms with E-state index in [-0.39, 0.29) is 86.7 Å². The number of rotatable bonds is 0. The Kier molecular flexibility index (Phi) is 15.6. The molecule has 0 spiro atoms. The van der Waals surface area contributed by atoms with Crippen LogP contribution in [-0.2, 0) is 59.5 Å². The largest absolute Gasteiger partial charge is 2.00 e. The van der Waals surface area contributed by atoms with Crippen LogP contribution in [0.15, 0.2) is 109 Å². The summed E-state index contributed by atoms with van der Waals surface area (Å²) in [4.78, 5) is 13.8. The third kappa shape index (κ3) is 12.1. The van der Waals surface area contributed by atoms with Crippen LogP contribution in [0.25, 0.3) is 34.2 Å². The zero-order chi connectivity index (χ0) is 46.8. The first-order valence-electron chi connectivity index (χ1n) is 18.2. The molecule has 0 fully saturated rings. The molecule has 0 saturated heterocycles. The van der Waals surface area contributed by atoms with E-state index in [1.807, 2.05) is 46.2 Å². The Bertz CT molecular complexity index is 2630. The number of nitrogens with zero attached hydrogens (tertiary/aromatic N) is 8. The van der Waals surface area contributed by atoms with Gasteiger partial charge < -0.3 is 29.9 Å². The topological polar surface area (TPSA) is 254 Å². The van der Waals surface area contributed by atoms with Crippen LogP contribution in [0.3, 0.4) is 0 Å². The van der Waals surface area contributed by atoms with Gasteiger partial charge in [-0.25, -0.2) is 26.8 Å². The summed E-state index contributed by atoms with van der Waals surface area (Å²) in [5.74, 6) is 0. The summed E-state index contributed by atoms with van der Waals surface area (Å²) < 4.78 is 121. The van der Waals surface area contributed by atoms with Crippen molar-refractivity contribution in [2.75, 3.05) is 0 Å². The summed E-state index contributed by atoms with van der Waals surface area (Å²) in [6, 6.07) is 31.9. The minimum absolute atomic E-state index is 0. The minimum atomic E-state index is -6.09. The number of pyridine rings is 6. The molecule has 0 aliphatic carbocycles. The van der Waals surface area contributed by atoms with Gasteiger partial charge in [0, 0.05) is 61.6 Å². The molecule has 6 aromatic rings. The number of alkyl halides is 6. The normalized spacial score (nSPS) is 16.0. The van der Waals surface area contributed by atoms with E-state index in [9.17, 15) is 47.2 Å².